The Morgan fingerprint density at radius 3 is 3.06 bits per heavy atom. The molecule has 1 aromatic carbocycles. The topological polar surface area (TPSA) is 18.5 Å². The molecule has 1 aliphatic heterocycles. The minimum Gasteiger partial charge on any atom is -0.493 e. The Morgan fingerprint density at radius 2 is 2.33 bits per heavy atom. The van der Waals surface area contributed by atoms with Crippen LogP contribution in [0.15, 0.2) is 18.2 Å². The van der Waals surface area contributed by atoms with E-state index < -0.39 is 0 Å². The minimum absolute atomic E-state index is 0.458. The summed E-state index contributed by atoms with van der Waals surface area (Å²) in [5.41, 5.74) is 2.30. The van der Waals surface area contributed by atoms with E-state index in [9.17, 15) is 0 Å². The molecule has 0 bridgehead atoms. The van der Waals surface area contributed by atoms with Crippen LogP contribution in [0.4, 0.5) is 0 Å². The Bertz CT molecular complexity index is 373. The SMILES string of the molecule is Cc1ccc(OCCCC2CCCO2)c(CCl)c1. The molecule has 1 saturated heterocycles. The highest BCUT2D eigenvalue weighted by molar-refractivity contribution is 6.17. The van der Waals surface area contributed by atoms with E-state index >= 15 is 0 Å². The maximum absolute atomic E-state index is 5.92. The molecule has 0 spiro atoms. The Labute approximate surface area is 114 Å². The van der Waals surface area contributed by atoms with Crippen LogP contribution in [0.3, 0.4) is 0 Å². The summed E-state index contributed by atoms with van der Waals surface area (Å²) in [6.07, 6.45) is 5.01. The molecule has 2 nitrogen and oxygen atoms in total. The first-order valence-electron chi connectivity index (χ1n) is 6.69. The lowest BCUT2D eigenvalue weighted by molar-refractivity contribution is 0.0981. The van der Waals surface area contributed by atoms with Gasteiger partial charge in [-0.15, -0.1) is 11.6 Å². The number of halogens is 1. The second kappa shape index (κ2) is 7.01. The molecule has 0 saturated carbocycles. The predicted octanol–water partition coefficient (Wildman–Crippen LogP) is 4.07. The van der Waals surface area contributed by atoms with Gasteiger partial charge in [-0.05, 0) is 38.7 Å². The highest BCUT2D eigenvalue weighted by Gasteiger charge is 2.14. The smallest absolute Gasteiger partial charge is 0.123 e. The molecule has 1 fully saturated rings. The first-order valence-corrected chi connectivity index (χ1v) is 7.23. The van der Waals surface area contributed by atoms with Crippen LogP contribution in [0.5, 0.6) is 5.75 Å². The molecule has 0 aliphatic carbocycles. The lowest BCUT2D eigenvalue weighted by atomic mass is 10.1. The first-order chi connectivity index (χ1) is 8.79. The Morgan fingerprint density at radius 1 is 1.44 bits per heavy atom. The monoisotopic (exact) mass is 268 g/mol. The number of rotatable bonds is 6. The van der Waals surface area contributed by atoms with Crippen LogP contribution in [-0.2, 0) is 10.6 Å². The zero-order valence-corrected chi connectivity index (χ0v) is 11.7. The van der Waals surface area contributed by atoms with Crippen molar-refractivity contribution in [2.24, 2.45) is 0 Å². The maximum atomic E-state index is 5.92. The van der Waals surface area contributed by atoms with Crippen molar-refractivity contribution in [3.8, 4) is 5.75 Å². The van der Waals surface area contributed by atoms with Crippen LogP contribution in [0.1, 0.15) is 36.8 Å². The average Bonchev–Trinajstić information content (AvgIpc) is 2.89. The van der Waals surface area contributed by atoms with Crippen LogP contribution >= 0.6 is 11.6 Å². The molecule has 1 heterocycles. The summed E-state index contributed by atoms with van der Waals surface area (Å²) < 4.78 is 11.4. The molecule has 100 valence electrons. The second-order valence-electron chi connectivity index (χ2n) is 4.87. The van der Waals surface area contributed by atoms with Crippen LogP contribution in [-0.4, -0.2) is 19.3 Å². The third kappa shape index (κ3) is 3.89. The van der Waals surface area contributed by atoms with E-state index in [1.165, 1.54) is 18.4 Å². The van der Waals surface area contributed by atoms with Crippen LogP contribution in [0.25, 0.3) is 0 Å². The molecule has 0 radical (unpaired) electrons. The molecule has 1 aliphatic rings. The van der Waals surface area contributed by atoms with Gasteiger partial charge in [0.25, 0.3) is 0 Å². The largest absolute Gasteiger partial charge is 0.493 e. The van der Waals surface area contributed by atoms with Gasteiger partial charge in [-0.1, -0.05) is 17.7 Å². The molecule has 0 aromatic heterocycles. The van der Waals surface area contributed by atoms with E-state index in [1.54, 1.807) is 0 Å². The van der Waals surface area contributed by atoms with Crippen molar-refractivity contribution in [1.82, 2.24) is 0 Å². The summed E-state index contributed by atoms with van der Waals surface area (Å²) in [5, 5.41) is 0. The summed E-state index contributed by atoms with van der Waals surface area (Å²) in [6.45, 7) is 3.74. The van der Waals surface area contributed by atoms with Gasteiger partial charge in [0.05, 0.1) is 18.6 Å². The number of aryl methyl sites for hydroxylation is 1. The molecule has 3 heteroatoms. The molecule has 0 N–H and O–H groups in total. The predicted molar refractivity (Wildman–Crippen MR) is 74.4 cm³/mol. The van der Waals surface area contributed by atoms with Gasteiger partial charge < -0.3 is 9.47 Å². The number of hydrogen-bond acceptors (Lipinski definition) is 2. The molecular weight excluding hydrogens is 248 g/mol. The fourth-order valence-corrected chi connectivity index (χ4v) is 2.53. The summed E-state index contributed by atoms with van der Waals surface area (Å²) in [6, 6.07) is 6.16. The Hall–Kier alpha value is -0.730. The van der Waals surface area contributed by atoms with Crippen molar-refractivity contribution < 1.29 is 9.47 Å². The molecule has 18 heavy (non-hydrogen) atoms. The summed E-state index contributed by atoms with van der Waals surface area (Å²) in [7, 11) is 0. The molecule has 1 atom stereocenters. The molecular formula is C15H21ClO2. The Balaban J connectivity index is 1.75. The van der Waals surface area contributed by atoms with E-state index in [0.29, 0.717) is 12.0 Å². The molecule has 1 unspecified atom stereocenters. The van der Waals surface area contributed by atoms with Crippen molar-refractivity contribution >= 4 is 11.6 Å². The lowest BCUT2D eigenvalue weighted by Crippen LogP contribution is -2.08. The van der Waals surface area contributed by atoms with Gasteiger partial charge in [-0.25, -0.2) is 0 Å². The summed E-state index contributed by atoms with van der Waals surface area (Å²) in [5.74, 6) is 1.42. The van der Waals surface area contributed by atoms with Crippen molar-refractivity contribution in [1.29, 1.82) is 0 Å². The number of ether oxygens (including phenoxy) is 2. The van der Waals surface area contributed by atoms with E-state index in [1.807, 2.05) is 6.07 Å². The maximum Gasteiger partial charge on any atom is 0.123 e. The number of alkyl halides is 1. The standard InChI is InChI=1S/C15H21ClO2/c1-12-6-7-15(13(10-12)11-16)18-9-3-5-14-4-2-8-17-14/h6-7,10,14H,2-5,8-9,11H2,1H3. The zero-order valence-electron chi connectivity index (χ0n) is 11.0. The van der Waals surface area contributed by atoms with Gasteiger partial charge in [0, 0.05) is 12.2 Å². The van der Waals surface area contributed by atoms with Crippen LogP contribution in [0.2, 0.25) is 0 Å². The van der Waals surface area contributed by atoms with Gasteiger partial charge in [-0.3, -0.25) is 0 Å². The highest BCUT2D eigenvalue weighted by atomic mass is 35.5. The number of hydrogen-bond donors (Lipinski definition) is 0. The van der Waals surface area contributed by atoms with Gasteiger partial charge in [0.15, 0.2) is 0 Å². The second-order valence-corrected chi connectivity index (χ2v) is 5.14. The van der Waals surface area contributed by atoms with Crippen LogP contribution in [0, 0.1) is 6.92 Å². The quantitative estimate of drug-likeness (QED) is 0.572. The molecule has 0 amide bonds. The van der Waals surface area contributed by atoms with E-state index in [4.69, 9.17) is 21.1 Å². The average molecular weight is 269 g/mol. The van der Waals surface area contributed by atoms with Gasteiger partial charge >= 0.3 is 0 Å². The minimum atomic E-state index is 0.458. The lowest BCUT2D eigenvalue weighted by Gasteiger charge is -2.12. The summed E-state index contributed by atoms with van der Waals surface area (Å²) >= 11 is 5.92. The third-order valence-corrected chi connectivity index (χ3v) is 3.60. The third-order valence-electron chi connectivity index (χ3n) is 3.31. The van der Waals surface area contributed by atoms with Crippen LogP contribution < -0.4 is 4.74 Å². The van der Waals surface area contributed by atoms with Gasteiger partial charge in [-0.2, -0.15) is 0 Å². The molecule has 2 rings (SSSR count). The highest BCUT2D eigenvalue weighted by Crippen LogP contribution is 2.23. The van der Waals surface area contributed by atoms with Crippen molar-refractivity contribution in [3.63, 3.8) is 0 Å². The van der Waals surface area contributed by atoms with Crippen molar-refractivity contribution in [2.45, 2.75) is 44.6 Å². The first kappa shape index (κ1) is 13.7. The fraction of sp³-hybridized carbons (Fsp3) is 0.600. The van der Waals surface area contributed by atoms with Gasteiger partial charge in [0.1, 0.15) is 5.75 Å². The van der Waals surface area contributed by atoms with Crippen molar-refractivity contribution in [3.05, 3.63) is 29.3 Å². The van der Waals surface area contributed by atoms with E-state index in [2.05, 4.69) is 19.1 Å². The van der Waals surface area contributed by atoms with Crippen molar-refractivity contribution in [2.75, 3.05) is 13.2 Å². The Kier molecular flexibility index (Phi) is 5.33. The summed E-state index contributed by atoms with van der Waals surface area (Å²) in [4.78, 5) is 0. The molecule has 1 aromatic rings. The zero-order chi connectivity index (χ0) is 12.8. The van der Waals surface area contributed by atoms with Gasteiger partial charge in [0.2, 0.25) is 0 Å². The van der Waals surface area contributed by atoms with E-state index in [0.717, 1.165) is 37.4 Å². The van der Waals surface area contributed by atoms with E-state index in [-0.39, 0.29) is 0 Å². The normalized spacial score (nSPS) is 19.1. The number of benzene rings is 1. The fourth-order valence-electron chi connectivity index (χ4n) is 2.32.